The standard InChI is InChI=1S/C21H35NO2/c1-7-9-10-17(8-2)15-22-20(23)16(3)24-19-13-11-18(12-14-19)21(4,5)6/h11-14,16-17H,7-10,15H2,1-6H3,(H,22,23)/t16-,17-/m0/s1. The second-order valence-corrected chi connectivity index (χ2v) is 7.70. The Bertz CT molecular complexity index is 488. The molecule has 0 heterocycles. The molecule has 1 N–H and O–H groups in total. The highest BCUT2D eigenvalue weighted by atomic mass is 16.5. The molecule has 0 saturated carbocycles. The Balaban J connectivity index is 2.48. The predicted octanol–water partition coefficient (Wildman–Crippen LogP) is 5.08. The Kier molecular flexibility index (Phi) is 8.30. The van der Waals surface area contributed by atoms with Crippen molar-refractivity contribution in [3.63, 3.8) is 0 Å². The van der Waals surface area contributed by atoms with Crippen LogP contribution in [0.25, 0.3) is 0 Å². The Morgan fingerprint density at radius 2 is 1.79 bits per heavy atom. The number of hydrogen-bond acceptors (Lipinski definition) is 2. The zero-order valence-electron chi connectivity index (χ0n) is 16.3. The van der Waals surface area contributed by atoms with Gasteiger partial charge in [0.2, 0.25) is 0 Å². The van der Waals surface area contributed by atoms with E-state index in [2.05, 4.69) is 52.1 Å². The van der Waals surface area contributed by atoms with Crippen LogP contribution in [0.3, 0.4) is 0 Å². The van der Waals surface area contributed by atoms with Crippen molar-refractivity contribution >= 4 is 5.91 Å². The predicted molar refractivity (Wildman–Crippen MR) is 102 cm³/mol. The summed E-state index contributed by atoms with van der Waals surface area (Å²) in [6, 6.07) is 8.02. The Morgan fingerprint density at radius 1 is 1.17 bits per heavy atom. The van der Waals surface area contributed by atoms with Gasteiger partial charge in [0, 0.05) is 6.54 Å². The number of rotatable bonds is 9. The summed E-state index contributed by atoms with van der Waals surface area (Å²) >= 11 is 0. The fourth-order valence-corrected chi connectivity index (χ4v) is 2.62. The largest absolute Gasteiger partial charge is 0.481 e. The lowest BCUT2D eigenvalue weighted by Crippen LogP contribution is -2.38. The van der Waals surface area contributed by atoms with Crippen LogP contribution in [0.2, 0.25) is 0 Å². The molecule has 0 spiro atoms. The molecule has 0 aliphatic rings. The van der Waals surface area contributed by atoms with E-state index in [1.807, 2.05) is 12.1 Å². The van der Waals surface area contributed by atoms with Crippen LogP contribution in [0.5, 0.6) is 5.75 Å². The number of nitrogens with one attached hydrogen (secondary N) is 1. The number of benzene rings is 1. The molecule has 3 nitrogen and oxygen atoms in total. The molecule has 1 amide bonds. The molecule has 0 radical (unpaired) electrons. The second-order valence-electron chi connectivity index (χ2n) is 7.70. The smallest absolute Gasteiger partial charge is 0.260 e. The van der Waals surface area contributed by atoms with Gasteiger partial charge in [-0.25, -0.2) is 0 Å². The molecule has 136 valence electrons. The van der Waals surface area contributed by atoms with E-state index in [1.54, 1.807) is 6.92 Å². The summed E-state index contributed by atoms with van der Waals surface area (Å²) in [5, 5.41) is 3.03. The van der Waals surface area contributed by atoms with Gasteiger partial charge in [-0.2, -0.15) is 0 Å². The summed E-state index contributed by atoms with van der Waals surface area (Å²) in [7, 11) is 0. The van der Waals surface area contributed by atoms with Crippen molar-refractivity contribution in [3.8, 4) is 5.75 Å². The molecule has 0 saturated heterocycles. The quantitative estimate of drug-likeness (QED) is 0.684. The fraction of sp³-hybridized carbons (Fsp3) is 0.667. The van der Waals surface area contributed by atoms with E-state index in [0.29, 0.717) is 5.92 Å². The number of ether oxygens (including phenoxy) is 1. The van der Waals surface area contributed by atoms with E-state index in [0.717, 1.165) is 18.7 Å². The highest BCUT2D eigenvalue weighted by Gasteiger charge is 2.17. The molecule has 0 fully saturated rings. The van der Waals surface area contributed by atoms with Crippen LogP contribution in [-0.2, 0) is 10.2 Å². The number of carbonyl (C=O) groups excluding carboxylic acids is 1. The number of hydrogen-bond donors (Lipinski definition) is 1. The van der Waals surface area contributed by atoms with Gasteiger partial charge in [0.1, 0.15) is 5.75 Å². The van der Waals surface area contributed by atoms with Crippen LogP contribution in [-0.4, -0.2) is 18.6 Å². The number of unbranched alkanes of at least 4 members (excludes halogenated alkanes) is 1. The molecule has 2 atom stereocenters. The van der Waals surface area contributed by atoms with Crippen molar-refractivity contribution in [2.45, 2.75) is 78.7 Å². The van der Waals surface area contributed by atoms with Gasteiger partial charge in [-0.1, -0.05) is 66.0 Å². The molecular weight excluding hydrogens is 298 g/mol. The summed E-state index contributed by atoms with van der Waals surface area (Å²) in [6.07, 6.45) is 4.23. The van der Waals surface area contributed by atoms with Crippen LogP contribution in [0, 0.1) is 5.92 Å². The van der Waals surface area contributed by atoms with Gasteiger partial charge in [-0.15, -0.1) is 0 Å². The van der Waals surface area contributed by atoms with E-state index >= 15 is 0 Å². The second kappa shape index (κ2) is 9.71. The van der Waals surface area contributed by atoms with Gasteiger partial charge in [0.25, 0.3) is 5.91 Å². The third kappa shape index (κ3) is 6.94. The summed E-state index contributed by atoms with van der Waals surface area (Å²) < 4.78 is 5.78. The average molecular weight is 334 g/mol. The maximum absolute atomic E-state index is 12.2. The van der Waals surface area contributed by atoms with E-state index in [1.165, 1.54) is 24.8 Å². The monoisotopic (exact) mass is 333 g/mol. The maximum Gasteiger partial charge on any atom is 0.260 e. The summed E-state index contributed by atoms with van der Waals surface area (Å²) in [5.74, 6) is 1.26. The van der Waals surface area contributed by atoms with Crippen molar-refractivity contribution in [1.82, 2.24) is 5.32 Å². The topological polar surface area (TPSA) is 38.3 Å². The molecule has 0 unspecified atom stereocenters. The molecule has 3 heteroatoms. The molecule has 1 aromatic carbocycles. The molecule has 1 aromatic rings. The van der Waals surface area contributed by atoms with Crippen molar-refractivity contribution in [3.05, 3.63) is 29.8 Å². The number of carbonyl (C=O) groups is 1. The molecule has 24 heavy (non-hydrogen) atoms. The first-order valence-corrected chi connectivity index (χ1v) is 9.32. The SMILES string of the molecule is CCCC[C@H](CC)CNC(=O)[C@H](C)Oc1ccc(C(C)(C)C)cc1. The first kappa shape index (κ1) is 20.5. The fourth-order valence-electron chi connectivity index (χ4n) is 2.62. The van der Waals surface area contributed by atoms with E-state index < -0.39 is 6.10 Å². The zero-order valence-corrected chi connectivity index (χ0v) is 16.3. The van der Waals surface area contributed by atoms with Crippen LogP contribution in [0.4, 0.5) is 0 Å². The minimum absolute atomic E-state index is 0.0372. The van der Waals surface area contributed by atoms with Crippen molar-refractivity contribution < 1.29 is 9.53 Å². The molecule has 0 aliphatic heterocycles. The Hall–Kier alpha value is -1.51. The highest BCUT2D eigenvalue weighted by Crippen LogP contribution is 2.24. The van der Waals surface area contributed by atoms with Crippen LogP contribution >= 0.6 is 0 Å². The Morgan fingerprint density at radius 3 is 2.29 bits per heavy atom. The van der Waals surface area contributed by atoms with Crippen molar-refractivity contribution in [1.29, 1.82) is 0 Å². The molecule has 0 aromatic heterocycles. The molecule has 1 rings (SSSR count). The lowest BCUT2D eigenvalue weighted by Gasteiger charge is -2.21. The van der Waals surface area contributed by atoms with Gasteiger partial charge >= 0.3 is 0 Å². The minimum atomic E-state index is -0.478. The van der Waals surface area contributed by atoms with E-state index in [9.17, 15) is 4.79 Å². The third-order valence-corrected chi connectivity index (χ3v) is 4.51. The molecular formula is C21H35NO2. The van der Waals surface area contributed by atoms with E-state index in [4.69, 9.17) is 4.74 Å². The zero-order chi connectivity index (χ0) is 18.2. The minimum Gasteiger partial charge on any atom is -0.481 e. The van der Waals surface area contributed by atoms with Crippen molar-refractivity contribution in [2.75, 3.05) is 6.54 Å². The van der Waals surface area contributed by atoms with Crippen LogP contribution in [0.1, 0.15) is 72.8 Å². The lowest BCUT2D eigenvalue weighted by atomic mass is 9.87. The van der Waals surface area contributed by atoms with Gasteiger partial charge in [-0.05, 0) is 42.4 Å². The maximum atomic E-state index is 12.2. The summed E-state index contributed by atoms with van der Waals surface area (Å²) in [6.45, 7) is 13.5. The first-order valence-electron chi connectivity index (χ1n) is 9.32. The Labute approximate surface area is 148 Å². The van der Waals surface area contributed by atoms with Gasteiger partial charge in [-0.3, -0.25) is 4.79 Å². The summed E-state index contributed by atoms with van der Waals surface area (Å²) in [4.78, 5) is 12.2. The molecule has 0 bridgehead atoms. The third-order valence-electron chi connectivity index (χ3n) is 4.51. The van der Waals surface area contributed by atoms with Crippen LogP contribution in [0.15, 0.2) is 24.3 Å². The highest BCUT2D eigenvalue weighted by molar-refractivity contribution is 5.80. The average Bonchev–Trinajstić information content (AvgIpc) is 2.54. The molecule has 0 aliphatic carbocycles. The number of amides is 1. The lowest BCUT2D eigenvalue weighted by molar-refractivity contribution is -0.127. The van der Waals surface area contributed by atoms with Crippen molar-refractivity contribution in [2.24, 2.45) is 5.92 Å². The van der Waals surface area contributed by atoms with E-state index in [-0.39, 0.29) is 11.3 Å². The van der Waals surface area contributed by atoms with Gasteiger partial charge in [0.05, 0.1) is 0 Å². The summed E-state index contributed by atoms with van der Waals surface area (Å²) in [5.41, 5.74) is 1.38. The normalized spacial score (nSPS) is 14.1. The van der Waals surface area contributed by atoms with Gasteiger partial charge < -0.3 is 10.1 Å². The van der Waals surface area contributed by atoms with Crippen LogP contribution < -0.4 is 10.1 Å². The van der Waals surface area contributed by atoms with Gasteiger partial charge in [0.15, 0.2) is 6.10 Å². The first-order chi connectivity index (χ1) is 11.3.